The van der Waals surface area contributed by atoms with E-state index < -0.39 is 57.6 Å². The van der Waals surface area contributed by atoms with E-state index in [4.69, 9.17) is 32.8 Å². The molecule has 3 rings (SSSR count). The number of H-pyrrole nitrogens is 1. The maximum Gasteiger partial charge on any atom is 0.333 e. The van der Waals surface area contributed by atoms with Crippen LogP contribution in [-0.4, -0.2) is 77.7 Å². The first-order valence-electron chi connectivity index (χ1n) is 14.0. The summed E-state index contributed by atoms with van der Waals surface area (Å²) in [7, 11) is -2.40. The minimum atomic E-state index is -3.40. The predicted octanol–water partition coefficient (Wildman–Crippen LogP) is 4.07. The average molecular weight is 619 g/mol. The molecular weight excluding hydrogens is 574 g/mol. The van der Waals surface area contributed by atoms with Crippen LogP contribution in [0.2, 0.25) is 0 Å². The number of aryl methyl sites for hydroxylation is 1. The molecule has 1 aromatic rings. The van der Waals surface area contributed by atoms with Gasteiger partial charge in [-0.25, -0.2) is 9.46 Å². The van der Waals surface area contributed by atoms with Gasteiger partial charge >= 0.3 is 13.3 Å². The fourth-order valence-electron chi connectivity index (χ4n) is 5.22. The van der Waals surface area contributed by atoms with Crippen LogP contribution in [0.15, 0.2) is 15.8 Å². The van der Waals surface area contributed by atoms with Crippen molar-refractivity contribution in [2.75, 3.05) is 27.4 Å². The quantitative estimate of drug-likeness (QED) is 0.211. The van der Waals surface area contributed by atoms with Gasteiger partial charge in [-0.1, -0.05) is 6.92 Å². The average Bonchev–Trinajstić information content (AvgIpc) is 3.65. The Kier molecular flexibility index (Phi) is 12.3. The lowest BCUT2D eigenvalue weighted by atomic mass is 10.1. The van der Waals surface area contributed by atoms with E-state index in [9.17, 15) is 14.2 Å². The molecule has 1 aliphatic heterocycles. The molecule has 0 radical (unpaired) electrons. The van der Waals surface area contributed by atoms with Crippen molar-refractivity contribution >= 4 is 16.1 Å². The lowest BCUT2D eigenvalue weighted by molar-refractivity contribution is -0.0712. The van der Waals surface area contributed by atoms with Gasteiger partial charge in [0.2, 0.25) is 0 Å². The van der Waals surface area contributed by atoms with Crippen molar-refractivity contribution in [1.82, 2.24) is 14.2 Å². The van der Waals surface area contributed by atoms with Crippen LogP contribution in [0.1, 0.15) is 65.7 Å². The molecule has 13 nitrogen and oxygen atoms in total. The van der Waals surface area contributed by atoms with E-state index in [1.807, 2.05) is 34.6 Å². The Morgan fingerprint density at radius 2 is 1.85 bits per heavy atom. The molecule has 0 aromatic carbocycles. The highest BCUT2D eigenvalue weighted by atomic mass is 31.2. The standard InChI is InChI=1S/C26H44N4O9P2/c1-9-12-36-23-22(39-40(37-13-10-11-27)30(16(2)3)17(4)5)21(19-14-20(19)41(33,34-7)35-8)38-25(23)29-15-18(6)24(31)28-26(29)32/h15-17,19-23,25H,9-10,12-14H2,1-8H3,(H,28,31,32)/t19?,20?,21-,22?,23+,25-,40?/m1/s1. The second-order valence-corrected chi connectivity index (χ2v) is 14.7. The Balaban J connectivity index is 2.09. The lowest BCUT2D eigenvalue weighted by Crippen LogP contribution is -2.42. The number of nitrogens with zero attached hydrogens (tertiary/aromatic N) is 3. The first kappa shape index (κ1) is 34.0. The van der Waals surface area contributed by atoms with Gasteiger partial charge in [-0.05, 0) is 47.5 Å². The number of nitrogens with one attached hydrogen (secondary N) is 1. The SMILES string of the molecule is CCCO[C@H]1C(OP(OCCC#N)N(C(C)C)C(C)C)[C@@H](C2CC2P(=O)(OC)OC)O[C@H]1n1cc(C)c(=O)[nH]c1=O. The molecule has 7 atom stereocenters. The molecule has 1 N–H and O–H groups in total. The van der Waals surface area contributed by atoms with E-state index in [2.05, 4.69) is 15.7 Å². The van der Waals surface area contributed by atoms with E-state index in [1.54, 1.807) is 6.92 Å². The van der Waals surface area contributed by atoms with Crippen molar-refractivity contribution in [3.8, 4) is 6.07 Å². The summed E-state index contributed by atoms with van der Waals surface area (Å²) in [5.74, 6) is -0.273. The van der Waals surface area contributed by atoms with Crippen molar-refractivity contribution < 1.29 is 32.1 Å². The van der Waals surface area contributed by atoms with Gasteiger partial charge in [0.05, 0.1) is 30.9 Å². The van der Waals surface area contributed by atoms with Crippen LogP contribution >= 0.6 is 16.1 Å². The van der Waals surface area contributed by atoms with Crippen LogP contribution in [-0.2, 0) is 32.1 Å². The van der Waals surface area contributed by atoms with Crippen LogP contribution in [0.4, 0.5) is 0 Å². The zero-order valence-electron chi connectivity index (χ0n) is 25.1. The summed E-state index contributed by atoms with van der Waals surface area (Å²) in [6, 6.07) is 2.21. The molecular formula is C26H44N4O9P2. The van der Waals surface area contributed by atoms with Gasteiger partial charge < -0.3 is 27.6 Å². The Bertz CT molecular complexity index is 1200. The summed E-state index contributed by atoms with van der Waals surface area (Å²) >= 11 is 0. The van der Waals surface area contributed by atoms with E-state index in [0.717, 1.165) is 0 Å². The molecule has 1 saturated heterocycles. The topological polar surface area (TPSA) is 154 Å². The maximum absolute atomic E-state index is 13.3. The maximum atomic E-state index is 13.3. The van der Waals surface area contributed by atoms with Crippen molar-refractivity contribution in [2.24, 2.45) is 5.92 Å². The molecule has 2 heterocycles. The normalized spacial score (nSPS) is 27.1. The first-order chi connectivity index (χ1) is 19.4. The van der Waals surface area contributed by atoms with E-state index in [1.165, 1.54) is 25.0 Å². The Morgan fingerprint density at radius 3 is 2.41 bits per heavy atom. The summed E-state index contributed by atoms with van der Waals surface area (Å²) in [5.41, 5.74) is -1.21. The van der Waals surface area contributed by atoms with Gasteiger partial charge in [-0.15, -0.1) is 0 Å². The molecule has 41 heavy (non-hydrogen) atoms. The van der Waals surface area contributed by atoms with E-state index in [0.29, 0.717) is 25.0 Å². The highest BCUT2D eigenvalue weighted by molar-refractivity contribution is 7.55. The van der Waals surface area contributed by atoms with Crippen molar-refractivity contribution in [1.29, 1.82) is 5.26 Å². The van der Waals surface area contributed by atoms with Crippen LogP contribution in [0.25, 0.3) is 0 Å². The Labute approximate surface area is 242 Å². The summed E-state index contributed by atoms with van der Waals surface area (Å²) in [6.07, 6.45) is -0.253. The molecule has 0 spiro atoms. The number of rotatable bonds is 16. The highest BCUT2D eigenvalue weighted by Gasteiger charge is 2.63. The van der Waals surface area contributed by atoms with Gasteiger partial charge in [0.25, 0.3) is 14.1 Å². The van der Waals surface area contributed by atoms with Crippen LogP contribution < -0.4 is 11.2 Å². The molecule has 1 saturated carbocycles. The largest absolute Gasteiger partial charge is 0.371 e. The summed E-state index contributed by atoms with van der Waals surface area (Å²) < 4.78 is 53.1. The third-order valence-electron chi connectivity index (χ3n) is 7.18. The minimum Gasteiger partial charge on any atom is -0.371 e. The fourth-order valence-corrected chi connectivity index (χ4v) is 8.80. The van der Waals surface area contributed by atoms with E-state index >= 15 is 0 Å². The summed E-state index contributed by atoms with van der Waals surface area (Å²) in [6.45, 7) is 12.3. The Morgan fingerprint density at radius 1 is 1.20 bits per heavy atom. The first-order valence-corrected chi connectivity index (χ1v) is 16.7. The predicted molar refractivity (Wildman–Crippen MR) is 154 cm³/mol. The molecule has 0 amide bonds. The minimum absolute atomic E-state index is 0.0510. The number of aromatic amines is 1. The molecule has 4 unspecified atom stereocenters. The van der Waals surface area contributed by atoms with Crippen molar-refractivity contribution in [2.45, 2.75) is 103 Å². The van der Waals surface area contributed by atoms with Gasteiger partial charge in [0, 0.05) is 50.6 Å². The van der Waals surface area contributed by atoms with Crippen molar-refractivity contribution in [3.05, 3.63) is 32.6 Å². The third-order valence-corrected chi connectivity index (χ3v) is 11.7. The van der Waals surface area contributed by atoms with E-state index in [-0.39, 0.29) is 31.0 Å². The lowest BCUT2D eigenvalue weighted by Gasteiger charge is -2.38. The smallest absolute Gasteiger partial charge is 0.333 e. The van der Waals surface area contributed by atoms with Crippen LogP contribution in [0.3, 0.4) is 0 Å². The second kappa shape index (κ2) is 14.8. The third kappa shape index (κ3) is 7.74. The highest BCUT2D eigenvalue weighted by Crippen LogP contribution is 2.67. The number of aromatic nitrogens is 2. The fraction of sp³-hybridized carbons (Fsp3) is 0.808. The molecule has 0 bridgehead atoms. The zero-order chi connectivity index (χ0) is 30.5. The molecule has 2 fully saturated rings. The molecule has 1 aliphatic carbocycles. The van der Waals surface area contributed by atoms with Crippen LogP contribution in [0.5, 0.6) is 0 Å². The van der Waals surface area contributed by atoms with Gasteiger partial charge in [0.15, 0.2) is 6.23 Å². The second-order valence-electron chi connectivity index (χ2n) is 10.8. The molecule has 232 valence electrons. The Hall–Kier alpha value is -1.45. The molecule has 15 heteroatoms. The number of ether oxygens (including phenoxy) is 2. The van der Waals surface area contributed by atoms with Crippen molar-refractivity contribution in [3.63, 3.8) is 0 Å². The molecule has 1 aromatic heterocycles. The molecule has 2 aliphatic rings. The van der Waals surface area contributed by atoms with Crippen LogP contribution in [0, 0.1) is 24.2 Å². The zero-order valence-corrected chi connectivity index (χ0v) is 26.9. The summed E-state index contributed by atoms with van der Waals surface area (Å²) in [5, 5.41) is 9.14. The summed E-state index contributed by atoms with van der Waals surface area (Å²) in [4.78, 5) is 27.5. The number of hydrogen-bond donors (Lipinski definition) is 1. The monoisotopic (exact) mass is 618 g/mol. The van der Waals surface area contributed by atoms with Gasteiger partial charge in [0.1, 0.15) is 12.2 Å². The van der Waals surface area contributed by atoms with Gasteiger partial charge in [-0.2, -0.15) is 5.26 Å². The number of nitriles is 1. The number of hydrogen-bond acceptors (Lipinski definition) is 11. The van der Waals surface area contributed by atoms with Gasteiger partial charge in [-0.3, -0.25) is 18.9 Å².